The van der Waals surface area contributed by atoms with Gasteiger partial charge in [-0.1, -0.05) is 74.5 Å². The summed E-state index contributed by atoms with van der Waals surface area (Å²) in [7, 11) is 1.85. The van der Waals surface area contributed by atoms with Crippen molar-refractivity contribution < 1.29 is 0 Å². The lowest BCUT2D eigenvalue weighted by Crippen LogP contribution is -2.03. The maximum atomic E-state index is 4.44. The number of rotatable bonds is 4. The Morgan fingerprint density at radius 2 is 1.55 bits per heavy atom. The maximum absolute atomic E-state index is 4.44. The number of allylic oxidation sites excluding steroid dienone is 2. The molecule has 0 spiro atoms. The first-order valence-electron chi connectivity index (χ1n) is 7.96. The molecule has 1 nitrogen and oxygen atoms in total. The van der Waals surface area contributed by atoms with Crippen molar-refractivity contribution in [3.05, 3.63) is 82.9 Å². The summed E-state index contributed by atoms with van der Waals surface area (Å²) in [5.74, 6) is 0. The fourth-order valence-electron chi connectivity index (χ4n) is 2.33. The molecule has 0 aromatic heterocycles. The molecular weight excluding hydrogens is 266 g/mol. The molecule has 0 bridgehead atoms. The first kappa shape index (κ1) is 17.9. The van der Waals surface area contributed by atoms with Crippen molar-refractivity contribution in [1.29, 1.82) is 0 Å². The molecule has 0 atom stereocenters. The highest BCUT2D eigenvalue weighted by Crippen LogP contribution is 2.13. The van der Waals surface area contributed by atoms with Crippen molar-refractivity contribution in [2.75, 3.05) is 7.05 Å². The van der Waals surface area contributed by atoms with Crippen LogP contribution < -0.4 is 0 Å². The van der Waals surface area contributed by atoms with Gasteiger partial charge in [0.25, 0.3) is 0 Å². The van der Waals surface area contributed by atoms with Gasteiger partial charge in [-0.15, -0.1) is 0 Å². The van der Waals surface area contributed by atoms with E-state index in [9.17, 15) is 0 Å². The number of hydrogen-bond acceptors (Lipinski definition) is 1. The second kappa shape index (κ2) is 9.73. The lowest BCUT2D eigenvalue weighted by atomic mass is 10.00. The second-order valence-electron chi connectivity index (χ2n) is 4.96. The van der Waals surface area contributed by atoms with E-state index in [2.05, 4.69) is 73.4 Å². The highest BCUT2D eigenvalue weighted by Gasteiger charge is 2.04. The molecule has 0 radical (unpaired) electrons. The molecule has 0 saturated carbocycles. The second-order valence-corrected chi connectivity index (χ2v) is 4.96. The van der Waals surface area contributed by atoms with Gasteiger partial charge < -0.3 is 0 Å². The molecule has 0 aliphatic heterocycles. The lowest BCUT2D eigenvalue weighted by molar-refractivity contribution is 1.20. The van der Waals surface area contributed by atoms with Gasteiger partial charge in [-0.25, -0.2) is 0 Å². The Balaban J connectivity index is 0.00000116. The molecule has 0 aliphatic rings. The standard InChI is InChI=1S/C19H21N.C2H6/c1-15-9-7-8-10-17(15)14-13-16(2)19(20-3)18-11-5-4-6-12-18;1-2/h4-13H,14H2,1-3H3;1-2H3/b16-13-,20-19?;. The normalized spacial score (nSPS) is 11.7. The van der Waals surface area contributed by atoms with Gasteiger partial charge >= 0.3 is 0 Å². The van der Waals surface area contributed by atoms with E-state index in [0.717, 1.165) is 12.1 Å². The van der Waals surface area contributed by atoms with Crippen LogP contribution >= 0.6 is 0 Å². The van der Waals surface area contributed by atoms with Crippen LogP contribution in [-0.2, 0) is 6.42 Å². The predicted octanol–water partition coefficient (Wildman–Crippen LogP) is 5.63. The summed E-state index contributed by atoms with van der Waals surface area (Å²) in [6.45, 7) is 8.29. The number of nitrogens with zero attached hydrogens (tertiary/aromatic N) is 1. The van der Waals surface area contributed by atoms with E-state index in [1.165, 1.54) is 22.3 Å². The average molecular weight is 293 g/mol. The van der Waals surface area contributed by atoms with Crippen molar-refractivity contribution in [2.24, 2.45) is 4.99 Å². The Bertz CT molecular complexity index is 621. The molecule has 22 heavy (non-hydrogen) atoms. The quantitative estimate of drug-likeness (QED) is 0.648. The van der Waals surface area contributed by atoms with E-state index in [4.69, 9.17) is 0 Å². The van der Waals surface area contributed by atoms with E-state index in [1.807, 2.05) is 27.0 Å². The van der Waals surface area contributed by atoms with Crippen LogP contribution in [0.25, 0.3) is 0 Å². The highest BCUT2D eigenvalue weighted by atomic mass is 14.7. The maximum Gasteiger partial charge on any atom is 0.0669 e. The molecule has 2 aromatic rings. The fourth-order valence-corrected chi connectivity index (χ4v) is 2.33. The molecule has 116 valence electrons. The third-order valence-electron chi connectivity index (χ3n) is 3.53. The van der Waals surface area contributed by atoms with Crippen molar-refractivity contribution in [3.63, 3.8) is 0 Å². The summed E-state index contributed by atoms with van der Waals surface area (Å²) in [6.07, 6.45) is 3.21. The zero-order valence-corrected chi connectivity index (χ0v) is 14.4. The highest BCUT2D eigenvalue weighted by molar-refractivity contribution is 6.12. The van der Waals surface area contributed by atoms with Crippen LogP contribution in [0.5, 0.6) is 0 Å². The van der Waals surface area contributed by atoms with Crippen molar-refractivity contribution in [2.45, 2.75) is 34.1 Å². The molecule has 0 amide bonds. The number of benzene rings is 2. The van der Waals surface area contributed by atoms with E-state index >= 15 is 0 Å². The van der Waals surface area contributed by atoms with Crippen LogP contribution in [0.4, 0.5) is 0 Å². The summed E-state index contributed by atoms with van der Waals surface area (Å²) in [5, 5.41) is 0. The van der Waals surface area contributed by atoms with Crippen LogP contribution in [0.3, 0.4) is 0 Å². The average Bonchev–Trinajstić information content (AvgIpc) is 2.57. The summed E-state index contributed by atoms with van der Waals surface area (Å²) in [5.41, 5.74) is 6.18. The summed E-state index contributed by atoms with van der Waals surface area (Å²) < 4.78 is 0. The van der Waals surface area contributed by atoms with Crippen LogP contribution in [-0.4, -0.2) is 12.8 Å². The molecule has 0 fully saturated rings. The lowest BCUT2D eigenvalue weighted by Gasteiger charge is -2.08. The summed E-state index contributed by atoms with van der Waals surface area (Å²) >= 11 is 0. The Labute approximate surface area is 135 Å². The van der Waals surface area contributed by atoms with Crippen LogP contribution in [0, 0.1) is 6.92 Å². The fraction of sp³-hybridized carbons (Fsp3) is 0.286. The van der Waals surface area contributed by atoms with E-state index < -0.39 is 0 Å². The van der Waals surface area contributed by atoms with Crippen LogP contribution in [0.15, 0.2) is 71.2 Å². The predicted molar refractivity (Wildman–Crippen MR) is 98.9 cm³/mol. The topological polar surface area (TPSA) is 12.4 Å². The third-order valence-corrected chi connectivity index (χ3v) is 3.53. The SMILES string of the molecule is CC.CN=C(/C(C)=C\Cc1ccccc1C)c1ccccc1. The van der Waals surface area contributed by atoms with E-state index in [0.29, 0.717) is 0 Å². The molecule has 0 aliphatic carbocycles. The Morgan fingerprint density at radius 3 is 2.14 bits per heavy atom. The largest absolute Gasteiger partial charge is 0.288 e. The molecular formula is C21H27N. The molecule has 2 aromatic carbocycles. The minimum Gasteiger partial charge on any atom is -0.288 e. The smallest absolute Gasteiger partial charge is 0.0669 e. The van der Waals surface area contributed by atoms with Gasteiger partial charge in [0.05, 0.1) is 5.71 Å². The van der Waals surface area contributed by atoms with Crippen molar-refractivity contribution in [1.82, 2.24) is 0 Å². The van der Waals surface area contributed by atoms with Crippen LogP contribution in [0.2, 0.25) is 0 Å². The van der Waals surface area contributed by atoms with Gasteiger partial charge in [-0.3, -0.25) is 4.99 Å². The molecule has 0 unspecified atom stereocenters. The number of hydrogen-bond donors (Lipinski definition) is 0. The van der Waals surface area contributed by atoms with Crippen LogP contribution in [0.1, 0.15) is 37.5 Å². The minimum atomic E-state index is 0.949. The number of aliphatic imine (C=N–C) groups is 1. The monoisotopic (exact) mass is 293 g/mol. The Morgan fingerprint density at radius 1 is 0.955 bits per heavy atom. The first-order valence-corrected chi connectivity index (χ1v) is 7.96. The van der Waals surface area contributed by atoms with E-state index in [1.54, 1.807) is 0 Å². The Hall–Kier alpha value is -2.15. The molecule has 0 heterocycles. The zero-order chi connectivity index (χ0) is 16.4. The van der Waals surface area contributed by atoms with E-state index in [-0.39, 0.29) is 0 Å². The third kappa shape index (κ3) is 5.00. The van der Waals surface area contributed by atoms with Gasteiger partial charge in [-0.05, 0) is 42.5 Å². The van der Waals surface area contributed by atoms with Crippen molar-refractivity contribution in [3.8, 4) is 0 Å². The van der Waals surface area contributed by atoms with Gasteiger partial charge in [0.1, 0.15) is 0 Å². The molecule has 0 saturated heterocycles. The van der Waals surface area contributed by atoms with Gasteiger partial charge in [0.2, 0.25) is 0 Å². The zero-order valence-electron chi connectivity index (χ0n) is 14.4. The summed E-state index contributed by atoms with van der Waals surface area (Å²) in [6, 6.07) is 18.9. The molecule has 2 rings (SSSR count). The first-order chi connectivity index (χ1) is 10.7. The summed E-state index contributed by atoms with van der Waals surface area (Å²) in [4.78, 5) is 4.44. The van der Waals surface area contributed by atoms with Gasteiger partial charge in [0, 0.05) is 7.05 Å². The molecule has 0 N–H and O–H groups in total. The molecule has 1 heteroatoms. The van der Waals surface area contributed by atoms with Gasteiger partial charge in [-0.2, -0.15) is 0 Å². The number of aryl methyl sites for hydroxylation is 1. The van der Waals surface area contributed by atoms with Crippen molar-refractivity contribution >= 4 is 5.71 Å². The Kier molecular flexibility index (Phi) is 7.91. The van der Waals surface area contributed by atoms with Gasteiger partial charge in [0.15, 0.2) is 0 Å². The minimum absolute atomic E-state index is 0.949.